The summed E-state index contributed by atoms with van der Waals surface area (Å²) in [5.41, 5.74) is 7.42. The fourth-order valence-corrected chi connectivity index (χ4v) is 3.70. The van der Waals surface area contributed by atoms with E-state index < -0.39 is 0 Å². The minimum Gasteiger partial charge on any atom is -0.323 e. The largest absolute Gasteiger partial charge is 0.323 e. The predicted molar refractivity (Wildman–Crippen MR) is 59.1 cm³/mol. The molecular weight excluding hydrogens is 200 g/mol. The van der Waals surface area contributed by atoms with E-state index in [-0.39, 0.29) is 10.8 Å². The molecule has 4 heteroatoms. The Morgan fingerprint density at radius 2 is 2.54 bits per heavy atom. The molecule has 0 aliphatic carbocycles. The van der Waals surface area contributed by atoms with E-state index in [0.29, 0.717) is 0 Å². The Bertz CT molecular complexity index is 265. The molecule has 2 atom stereocenters. The zero-order valence-electron chi connectivity index (χ0n) is 7.69. The molecule has 2 unspecified atom stereocenters. The van der Waals surface area contributed by atoms with Crippen LogP contribution in [0.3, 0.4) is 0 Å². The highest BCUT2D eigenvalue weighted by Crippen LogP contribution is 2.45. The van der Waals surface area contributed by atoms with Crippen LogP contribution in [0.25, 0.3) is 0 Å². The van der Waals surface area contributed by atoms with Crippen molar-refractivity contribution in [1.29, 1.82) is 0 Å². The van der Waals surface area contributed by atoms with Crippen molar-refractivity contribution in [3.8, 4) is 0 Å². The molecule has 0 amide bonds. The molecular formula is C9H14N2S2. The Morgan fingerprint density at radius 1 is 1.69 bits per heavy atom. The van der Waals surface area contributed by atoms with Gasteiger partial charge < -0.3 is 5.73 Å². The summed E-state index contributed by atoms with van der Waals surface area (Å²) in [5, 5.41) is 2.06. The number of aromatic nitrogens is 1. The molecule has 1 aliphatic rings. The van der Waals surface area contributed by atoms with Gasteiger partial charge in [0.1, 0.15) is 0 Å². The van der Waals surface area contributed by atoms with Crippen molar-refractivity contribution in [1.82, 2.24) is 4.37 Å². The van der Waals surface area contributed by atoms with Crippen molar-refractivity contribution in [3.63, 3.8) is 0 Å². The summed E-state index contributed by atoms with van der Waals surface area (Å²) in [6, 6.07) is 0.152. The van der Waals surface area contributed by atoms with Gasteiger partial charge in [0.15, 0.2) is 0 Å². The van der Waals surface area contributed by atoms with Crippen LogP contribution in [0.15, 0.2) is 11.6 Å². The van der Waals surface area contributed by atoms with Crippen LogP contribution in [-0.4, -0.2) is 14.9 Å². The smallest absolute Gasteiger partial charge is 0.0465 e. The van der Waals surface area contributed by atoms with Crippen LogP contribution in [0.4, 0.5) is 0 Å². The van der Waals surface area contributed by atoms with Gasteiger partial charge in [0.25, 0.3) is 0 Å². The zero-order chi connectivity index (χ0) is 9.31. The molecule has 1 fully saturated rings. The van der Waals surface area contributed by atoms with Crippen molar-refractivity contribution in [3.05, 3.63) is 17.1 Å². The molecule has 2 heterocycles. The first-order valence-corrected chi connectivity index (χ1v) is 6.33. The Hall–Kier alpha value is -0.0600. The number of rotatable bonds is 2. The van der Waals surface area contributed by atoms with Crippen LogP contribution in [0, 0.1) is 0 Å². The van der Waals surface area contributed by atoms with Crippen LogP contribution in [0.2, 0.25) is 0 Å². The van der Waals surface area contributed by atoms with Gasteiger partial charge in [-0.25, -0.2) is 4.37 Å². The van der Waals surface area contributed by atoms with Gasteiger partial charge >= 0.3 is 0 Å². The summed E-state index contributed by atoms with van der Waals surface area (Å²) in [5.74, 6) is 1.25. The number of thioether (sulfide) groups is 1. The quantitative estimate of drug-likeness (QED) is 0.822. The van der Waals surface area contributed by atoms with Crippen LogP contribution < -0.4 is 5.73 Å². The summed E-state index contributed by atoms with van der Waals surface area (Å²) < 4.78 is 4.34. The minimum absolute atomic E-state index is 0.152. The van der Waals surface area contributed by atoms with Gasteiger partial charge in [0, 0.05) is 27.9 Å². The number of hydrogen-bond donors (Lipinski definition) is 1. The molecule has 0 aromatic carbocycles. The highest BCUT2D eigenvalue weighted by atomic mass is 32.2. The van der Waals surface area contributed by atoms with E-state index in [4.69, 9.17) is 5.73 Å². The van der Waals surface area contributed by atoms with E-state index in [1.807, 2.05) is 18.0 Å². The van der Waals surface area contributed by atoms with Crippen molar-refractivity contribution in [2.24, 2.45) is 5.73 Å². The number of nitrogens with zero attached hydrogens (tertiary/aromatic N) is 1. The van der Waals surface area contributed by atoms with E-state index in [1.54, 1.807) is 0 Å². The molecule has 0 saturated carbocycles. The first kappa shape index (κ1) is 9.49. The molecule has 1 aromatic rings. The summed E-state index contributed by atoms with van der Waals surface area (Å²) in [7, 11) is 0. The maximum absolute atomic E-state index is 6.22. The third kappa shape index (κ3) is 1.75. The summed E-state index contributed by atoms with van der Waals surface area (Å²) in [6.07, 6.45) is 4.43. The lowest BCUT2D eigenvalue weighted by molar-refractivity contribution is 0.502. The Balaban J connectivity index is 2.16. The third-order valence-corrected chi connectivity index (χ3v) is 4.93. The lowest BCUT2D eigenvalue weighted by Crippen LogP contribution is -2.32. The van der Waals surface area contributed by atoms with E-state index in [2.05, 4.69) is 16.7 Å². The molecule has 0 spiro atoms. The third-order valence-electron chi connectivity index (χ3n) is 2.72. The number of hydrogen-bond acceptors (Lipinski definition) is 4. The van der Waals surface area contributed by atoms with E-state index in [0.717, 1.165) is 0 Å². The van der Waals surface area contributed by atoms with Crippen LogP contribution in [0.5, 0.6) is 0 Å². The van der Waals surface area contributed by atoms with Crippen LogP contribution in [-0.2, 0) is 0 Å². The summed E-state index contributed by atoms with van der Waals surface area (Å²) in [4.78, 5) is 0. The highest BCUT2D eigenvalue weighted by Gasteiger charge is 2.36. The van der Waals surface area contributed by atoms with Gasteiger partial charge in [-0.05, 0) is 37.1 Å². The molecule has 0 radical (unpaired) electrons. The van der Waals surface area contributed by atoms with Gasteiger partial charge in [-0.1, -0.05) is 0 Å². The second kappa shape index (κ2) is 3.59. The maximum atomic E-state index is 6.22. The first-order chi connectivity index (χ1) is 6.22. The lowest BCUT2D eigenvalue weighted by Gasteiger charge is -2.29. The summed E-state index contributed by atoms with van der Waals surface area (Å²) >= 11 is 3.49. The maximum Gasteiger partial charge on any atom is 0.0465 e. The van der Waals surface area contributed by atoms with Crippen molar-refractivity contribution in [2.75, 3.05) is 5.75 Å². The van der Waals surface area contributed by atoms with Gasteiger partial charge in [-0.15, -0.1) is 0 Å². The monoisotopic (exact) mass is 214 g/mol. The molecule has 2 nitrogen and oxygen atoms in total. The molecule has 1 saturated heterocycles. The zero-order valence-corrected chi connectivity index (χ0v) is 9.33. The number of nitrogens with two attached hydrogens (primary N) is 1. The first-order valence-electron chi connectivity index (χ1n) is 4.51. The normalized spacial score (nSPS) is 30.6. The predicted octanol–water partition coefficient (Wildman–Crippen LogP) is 2.43. The molecule has 0 bridgehead atoms. The second-order valence-electron chi connectivity index (χ2n) is 3.70. The Kier molecular flexibility index (Phi) is 2.62. The Morgan fingerprint density at radius 3 is 3.08 bits per heavy atom. The van der Waals surface area contributed by atoms with Gasteiger partial charge in [0.2, 0.25) is 0 Å². The van der Waals surface area contributed by atoms with E-state index in [1.165, 1.54) is 35.7 Å². The molecule has 72 valence electrons. The van der Waals surface area contributed by atoms with Crippen molar-refractivity contribution < 1.29 is 0 Å². The van der Waals surface area contributed by atoms with Crippen molar-refractivity contribution in [2.45, 2.75) is 30.6 Å². The van der Waals surface area contributed by atoms with Gasteiger partial charge in [-0.3, -0.25) is 0 Å². The van der Waals surface area contributed by atoms with Crippen molar-refractivity contribution >= 4 is 23.3 Å². The average molecular weight is 214 g/mol. The fourth-order valence-electron chi connectivity index (χ4n) is 1.77. The fraction of sp³-hybridized carbons (Fsp3) is 0.667. The van der Waals surface area contributed by atoms with Gasteiger partial charge in [-0.2, -0.15) is 11.8 Å². The topological polar surface area (TPSA) is 38.9 Å². The molecule has 2 N–H and O–H groups in total. The minimum atomic E-state index is 0.152. The van der Waals surface area contributed by atoms with E-state index >= 15 is 0 Å². The van der Waals surface area contributed by atoms with Crippen LogP contribution in [0.1, 0.15) is 31.4 Å². The SMILES string of the molecule is CC1(C(N)c2cnsc2)CCCS1. The van der Waals surface area contributed by atoms with E-state index in [9.17, 15) is 0 Å². The highest BCUT2D eigenvalue weighted by molar-refractivity contribution is 8.00. The molecule has 2 rings (SSSR count). The van der Waals surface area contributed by atoms with Gasteiger partial charge in [0.05, 0.1) is 0 Å². The van der Waals surface area contributed by atoms with Crippen LogP contribution >= 0.6 is 23.3 Å². The standard InChI is InChI=1S/C9H14N2S2/c1-9(3-2-4-12-9)8(10)7-5-11-13-6-7/h5-6,8H,2-4,10H2,1H3. The molecule has 1 aliphatic heterocycles. The molecule has 1 aromatic heterocycles. The lowest BCUT2D eigenvalue weighted by atomic mass is 9.93. The average Bonchev–Trinajstić information content (AvgIpc) is 2.73. The summed E-state index contributed by atoms with van der Waals surface area (Å²) in [6.45, 7) is 2.27. The Labute approximate surface area is 87.1 Å². The molecule has 13 heavy (non-hydrogen) atoms. The second-order valence-corrected chi connectivity index (χ2v) is 5.99.